The fourth-order valence-electron chi connectivity index (χ4n) is 5.90. The quantitative estimate of drug-likeness (QED) is 0.0573. The number of nitrogens with one attached hydrogen (secondary N) is 2. The Balaban J connectivity index is 2.46. The predicted molar refractivity (Wildman–Crippen MR) is 191 cm³/mol. The summed E-state index contributed by atoms with van der Waals surface area (Å²) in [6.45, 7) is 4.38. The Bertz CT molecular complexity index is 1410. The Kier molecular flexibility index (Phi) is 16.5. The first-order valence-corrected chi connectivity index (χ1v) is 16.6. The maximum Gasteiger partial charge on any atom is 0.245 e. The summed E-state index contributed by atoms with van der Waals surface area (Å²) < 4.78 is 0. The standard InChI is InChI=1S/C35H55N9O5/c1-22-18-25(45)19-23(2)26(22)21-28(42-32(47)27(40-3)14-11-17-41-35(38)39)33(48)43(4)29(15-9-10-16-36)34(49)44(5)30(31(37)46)20-24-12-7-6-8-13-24/h6-8,12-13,18-19,27-30,40,45H,9-11,14-17,20-21,36H2,1-5H3,(H2,37,46)(H,42,47)(H4,38,39,41)/t27-,28+,29+,30+/m1/s1. The summed E-state index contributed by atoms with van der Waals surface area (Å²) in [5.74, 6) is -1.98. The van der Waals surface area contributed by atoms with Crippen LogP contribution in [0.4, 0.5) is 0 Å². The Hall–Kier alpha value is -4.69. The zero-order chi connectivity index (χ0) is 36.7. The lowest BCUT2D eigenvalue weighted by molar-refractivity contribution is -0.148. The molecule has 0 aliphatic rings. The number of hydrogen-bond acceptors (Lipinski definition) is 8. The van der Waals surface area contributed by atoms with Crippen molar-refractivity contribution >= 4 is 29.6 Å². The molecule has 0 unspecified atom stereocenters. The number of unbranched alkanes of at least 4 members (excludes halogenated alkanes) is 1. The van der Waals surface area contributed by atoms with Gasteiger partial charge in [0.2, 0.25) is 23.6 Å². The minimum atomic E-state index is -1.07. The van der Waals surface area contributed by atoms with Gasteiger partial charge in [0.05, 0.1) is 6.04 Å². The Labute approximate surface area is 289 Å². The minimum Gasteiger partial charge on any atom is -0.508 e. The third-order valence-electron chi connectivity index (χ3n) is 8.76. The number of guanidine groups is 1. The van der Waals surface area contributed by atoms with Crippen LogP contribution in [0.25, 0.3) is 0 Å². The number of phenols is 1. The van der Waals surface area contributed by atoms with Crippen molar-refractivity contribution in [1.82, 2.24) is 20.4 Å². The first-order valence-electron chi connectivity index (χ1n) is 16.6. The van der Waals surface area contributed by atoms with Crippen LogP contribution in [0, 0.1) is 13.8 Å². The molecule has 0 aliphatic heterocycles. The van der Waals surface area contributed by atoms with Crippen LogP contribution >= 0.6 is 0 Å². The molecule has 0 bridgehead atoms. The van der Waals surface area contributed by atoms with Crippen LogP contribution in [0.2, 0.25) is 0 Å². The molecule has 0 saturated heterocycles. The number of hydrogen-bond donors (Lipinski definition) is 7. The van der Waals surface area contributed by atoms with Crippen LogP contribution in [-0.2, 0) is 32.0 Å². The van der Waals surface area contributed by atoms with Gasteiger partial charge in [-0.05, 0) is 93.9 Å². The number of phenolic OH excluding ortho intramolecular Hbond substituents is 1. The van der Waals surface area contributed by atoms with Gasteiger partial charge in [0.25, 0.3) is 0 Å². The zero-order valence-corrected chi connectivity index (χ0v) is 29.4. The number of aliphatic imine (C=N–C) groups is 1. The van der Waals surface area contributed by atoms with Gasteiger partial charge in [0, 0.05) is 33.5 Å². The van der Waals surface area contributed by atoms with Crippen molar-refractivity contribution in [3.63, 3.8) is 0 Å². The summed E-state index contributed by atoms with van der Waals surface area (Å²) >= 11 is 0. The topological polar surface area (TPSA) is 235 Å². The highest BCUT2D eigenvalue weighted by Gasteiger charge is 2.37. The molecule has 0 radical (unpaired) electrons. The van der Waals surface area contributed by atoms with E-state index in [1.54, 1.807) is 19.2 Å². The number of aromatic hydroxyl groups is 1. The van der Waals surface area contributed by atoms with Crippen LogP contribution in [0.15, 0.2) is 47.5 Å². The van der Waals surface area contributed by atoms with Gasteiger partial charge in [-0.1, -0.05) is 30.3 Å². The van der Waals surface area contributed by atoms with Gasteiger partial charge in [-0.15, -0.1) is 0 Å². The van der Waals surface area contributed by atoms with Crippen molar-refractivity contribution < 1.29 is 24.3 Å². The summed E-state index contributed by atoms with van der Waals surface area (Å²) in [5, 5.41) is 16.1. The maximum absolute atomic E-state index is 14.4. The molecule has 4 atom stereocenters. The number of carbonyl (C=O) groups excluding carboxylic acids is 4. The molecule has 2 rings (SSSR count). The first-order chi connectivity index (χ1) is 23.2. The summed E-state index contributed by atoms with van der Waals surface area (Å²) in [7, 11) is 4.68. The second kappa shape index (κ2) is 20.0. The van der Waals surface area contributed by atoms with E-state index < -0.39 is 47.8 Å². The van der Waals surface area contributed by atoms with Crippen molar-refractivity contribution in [2.75, 3.05) is 34.2 Å². The number of aryl methyl sites for hydroxylation is 2. The molecule has 49 heavy (non-hydrogen) atoms. The van der Waals surface area contributed by atoms with E-state index in [2.05, 4.69) is 15.6 Å². The molecule has 11 N–H and O–H groups in total. The highest BCUT2D eigenvalue weighted by molar-refractivity contribution is 5.94. The second-order valence-corrected chi connectivity index (χ2v) is 12.4. The lowest BCUT2D eigenvalue weighted by Gasteiger charge is -2.36. The number of benzene rings is 2. The van der Waals surface area contributed by atoms with Gasteiger partial charge in [0.1, 0.15) is 23.9 Å². The van der Waals surface area contributed by atoms with Crippen LogP contribution in [0.5, 0.6) is 5.75 Å². The number of nitrogens with zero attached hydrogens (tertiary/aromatic N) is 3. The number of carbonyl (C=O) groups is 4. The summed E-state index contributed by atoms with van der Waals surface area (Å²) in [6.07, 6.45) is 2.67. The van der Waals surface area contributed by atoms with E-state index in [4.69, 9.17) is 22.9 Å². The molecule has 2 aromatic carbocycles. The maximum atomic E-state index is 14.4. The molecular formula is C35H55N9O5. The van der Waals surface area contributed by atoms with Gasteiger partial charge in [-0.3, -0.25) is 24.2 Å². The number of primary amides is 1. The molecular weight excluding hydrogens is 626 g/mol. The molecule has 0 aliphatic carbocycles. The third-order valence-corrected chi connectivity index (χ3v) is 8.76. The summed E-state index contributed by atoms with van der Waals surface area (Å²) in [5.41, 5.74) is 25.5. The third kappa shape index (κ3) is 12.4. The van der Waals surface area contributed by atoms with Crippen LogP contribution in [0.3, 0.4) is 0 Å². The van der Waals surface area contributed by atoms with E-state index in [1.165, 1.54) is 23.9 Å². The van der Waals surface area contributed by atoms with Gasteiger partial charge < -0.3 is 48.5 Å². The van der Waals surface area contributed by atoms with Gasteiger partial charge in [-0.25, -0.2) is 0 Å². The molecule has 0 spiro atoms. The Morgan fingerprint density at radius 3 is 2.00 bits per heavy atom. The fourth-order valence-corrected chi connectivity index (χ4v) is 5.90. The smallest absolute Gasteiger partial charge is 0.245 e. The zero-order valence-electron chi connectivity index (χ0n) is 29.4. The molecule has 0 heterocycles. The van der Waals surface area contributed by atoms with Crippen molar-refractivity contribution in [2.24, 2.45) is 27.9 Å². The summed E-state index contributed by atoms with van der Waals surface area (Å²) in [4.78, 5) is 61.4. The van der Waals surface area contributed by atoms with Crippen LogP contribution < -0.4 is 33.6 Å². The highest BCUT2D eigenvalue weighted by atomic mass is 16.3. The molecule has 0 saturated carbocycles. The minimum absolute atomic E-state index is 0.0396. The van der Waals surface area contributed by atoms with E-state index in [9.17, 15) is 24.3 Å². The normalized spacial score (nSPS) is 13.4. The second-order valence-electron chi connectivity index (χ2n) is 12.4. The van der Waals surface area contributed by atoms with Crippen molar-refractivity contribution in [1.29, 1.82) is 0 Å². The highest BCUT2D eigenvalue weighted by Crippen LogP contribution is 2.23. The van der Waals surface area contributed by atoms with Crippen LogP contribution in [0.1, 0.15) is 54.4 Å². The lowest BCUT2D eigenvalue weighted by atomic mass is 9.94. The van der Waals surface area contributed by atoms with Gasteiger partial charge in [-0.2, -0.15) is 0 Å². The van der Waals surface area contributed by atoms with E-state index >= 15 is 0 Å². The van der Waals surface area contributed by atoms with E-state index in [1.807, 2.05) is 44.2 Å². The number of rotatable bonds is 20. The first kappa shape index (κ1) is 40.5. The van der Waals surface area contributed by atoms with E-state index in [0.29, 0.717) is 38.8 Å². The molecule has 0 aromatic heterocycles. The van der Waals surface area contributed by atoms with Crippen molar-refractivity contribution in [3.8, 4) is 5.75 Å². The van der Waals surface area contributed by atoms with E-state index in [-0.39, 0.29) is 31.0 Å². The Morgan fingerprint density at radius 1 is 0.837 bits per heavy atom. The molecule has 4 amide bonds. The monoisotopic (exact) mass is 681 g/mol. The van der Waals surface area contributed by atoms with Crippen molar-refractivity contribution in [3.05, 3.63) is 64.7 Å². The number of nitrogens with two attached hydrogens (primary N) is 4. The molecule has 0 fully saturated rings. The number of likely N-dealkylation sites (N-methyl/N-ethyl adjacent to an activating group) is 3. The molecule has 2 aromatic rings. The van der Waals surface area contributed by atoms with Gasteiger partial charge in [0.15, 0.2) is 5.96 Å². The largest absolute Gasteiger partial charge is 0.508 e. The average molecular weight is 682 g/mol. The SMILES string of the molecule is CN[C@H](CCCN=C(N)N)C(=O)N[C@@H](Cc1c(C)cc(O)cc1C)C(=O)N(C)[C@@H](CCCCN)C(=O)N(C)[C@@H](Cc1ccccc1)C(N)=O. The van der Waals surface area contributed by atoms with Crippen LogP contribution in [-0.4, -0.2) is 103 Å². The van der Waals surface area contributed by atoms with Gasteiger partial charge >= 0.3 is 0 Å². The lowest BCUT2D eigenvalue weighted by Crippen LogP contribution is -2.59. The van der Waals surface area contributed by atoms with Crippen molar-refractivity contribution in [2.45, 2.75) is 83.0 Å². The fraction of sp³-hybridized carbons (Fsp3) is 0.514. The molecule has 14 heteroatoms. The van der Waals surface area contributed by atoms with E-state index in [0.717, 1.165) is 22.3 Å². The summed E-state index contributed by atoms with van der Waals surface area (Å²) in [6, 6.07) is 8.78. The average Bonchev–Trinajstić information content (AvgIpc) is 3.05. The number of amides is 4. The predicted octanol–water partition coefficient (Wildman–Crippen LogP) is 0.189. The molecule has 14 nitrogen and oxygen atoms in total. The Morgan fingerprint density at radius 2 is 1.45 bits per heavy atom. The molecule has 270 valence electrons.